The van der Waals surface area contributed by atoms with E-state index < -0.39 is 13.0 Å². The van der Waals surface area contributed by atoms with Crippen molar-refractivity contribution in [3.05, 3.63) is 28.2 Å². The topological polar surface area (TPSA) is 29.5 Å². The van der Waals surface area contributed by atoms with E-state index >= 15 is 0 Å². The molecule has 1 rings (SSSR count). The summed E-state index contributed by atoms with van der Waals surface area (Å²) < 4.78 is 29.2. The fourth-order valence-corrected chi connectivity index (χ4v) is 1.51. The van der Waals surface area contributed by atoms with Crippen LogP contribution in [0.4, 0.5) is 8.78 Å². The number of ether oxygens (including phenoxy) is 1. The van der Waals surface area contributed by atoms with E-state index in [-0.39, 0.29) is 12.4 Å². The zero-order chi connectivity index (χ0) is 10.6. The third-order valence-electron chi connectivity index (χ3n) is 1.57. The molecular formula is C9H9BrF2O2. The molecule has 0 amide bonds. The molecule has 0 aliphatic rings. The summed E-state index contributed by atoms with van der Waals surface area (Å²) in [5, 5.41) is 8.92. The largest absolute Gasteiger partial charge is 0.486 e. The normalized spacial score (nSPS) is 10.6. The van der Waals surface area contributed by atoms with Crippen LogP contribution in [0, 0.1) is 0 Å². The van der Waals surface area contributed by atoms with Crippen molar-refractivity contribution < 1.29 is 18.6 Å². The lowest BCUT2D eigenvalue weighted by atomic mass is 10.2. The van der Waals surface area contributed by atoms with E-state index in [1.807, 2.05) is 0 Å². The maximum absolute atomic E-state index is 11.9. The fraction of sp³-hybridized carbons (Fsp3) is 0.333. The van der Waals surface area contributed by atoms with Crippen LogP contribution >= 0.6 is 15.9 Å². The second-order valence-electron chi connectivity index (χ2n) is 2.59. The molecule has 0 fully saturated rings. The zero-order valence-electron chi connectivity index (χ0n) is 7.21. The Morgan fingerprint density at radius 2 is 2.14 bits per heavy atom. The number of alkyl halides is 2. The smallest absolute Gasteiger partial charge is 0.272 e. The van der Waals surface area contributed by atoms with Crippen molar-refractivity contribution in [3.8, 4) is 5.75 Å². The summed E-state index contributed by atoms with van der Waals surface area (Å²) in [6, 6.07) is 4.98. The van der Waals surface area contributed by atoms with Gasteiger partial charge in [0, 0.05) is 5.56 Å². The highest BCUT2D eigenvalue weighted by Gasteiger charge is 2.10. The molecule has 78 valence electrons. The van der Waals surface area contributed by atoms with Crippen LogP contribution in [0.15, 0.2) is 22.7 Å². The number of aliphatic hydroxyl groups excluding tert-OH is 1. The van der Waals surface area contributed by atoms with Crippen LogP contribution in [0.1, 0.15) is 5.56 Å². The van der Waals surface area contributed by atoms with Crippen LogP contribution in [0.25, 0.3) is 0 Å². The third-order valence-corrected chi connectivity index (χ3v) is 2.20. The molecule has 0 heterocycles. The molecule has 0 atom stereocenters. The molecule has 0 aliphatic heterocycles. The van der Waals surface area contributed by atoms with Crippen molar-refractivity contribution in [1.82, 2.24) is 0 Å². The summed E-state index contributed by atoms with van der Waals surface area (Å²) >= 11 is 3.16. The van der Waals surface area contributed by atoms with Gasteiger partial charge in [0.2, 0.25) is 0 Å². The summed E-state index contributed by atoms with van der Waals surface area (Å²) in [5.74, 6) is 0.273. The summed E-state index contributed by atoms with van der Waals surface area (Å²) in [5.41, 5.74) is 0.486. The van der Waals surface area contributed by atoms with Gasteiger partial charge in [-0.1, -0.05) is 12.1 Å². The molecule has 0 aliphatic carbocycles. The van der Waals surface area contributed by atoms with Gasteiger partial charge in [-0.15, -0.1) is 0 Å². The molecule has 0 unspecified atom stereocenters. The number of aliphatic hydroxyl groups is 1. The van der Waals surface area contributed by atoms with E-state index in [2.05, 4.69) is 15.9 Å². The lowest BCUT2D eigenvalue weighted by Crippen LogP contribution is -2.08. The number of halogens is 3. The number of hydrogen-bond acceptors (Lipinski definition) is 2. The molecule has 0 spiro atoms. The number of para-hydroxylation sites is 1. The SMILES string of the molecule is OCc1cccc(Br)c1OCC(F)F. The molecule has 0 saturated carbocycles. The summed E-state index contributed by atoms with van der Waals surface area (Å²) in [6.07, 6.45) is -2.52. The third kappa shape index (κ3) is 2.92. The number of hydrogen-bond donors (Lipinski definition) is 1. The van der Waals surface area contributed by atoms with E-state index in [1.165, 1.54) is 0 Å². The highest BCUT2D eigenvalue weighted by atomic mass is 79.9. The van der Waals surface area contributed by atoms with Gasteiger partial charge in [-0.2, -0.15) is 0 Å². The predicted molar refractivity (Wildman–Crippen MR) is 51.6 cm³/mol. The van der Waals surface area contributed by atoms with Gasteiger partial charge in [0.05, 0.1) is 11.1 Å². The molecule has 2 nitrogen and oxygen atoms in total. The molecular weight excluding hydrogens is 258 g/mol. The Labute approximate surface area is 88.6 Å². The maximum atomic E-state index is 11.9. The average molecular weight is 267 g/mol. The summed E-state index contributed by atoms with van der Waals surface area (Å²) in [6.45, 7) is -0.909. The summed E-state index contributed by atoms with van der Waals surface area (Å²) in [7, 11) is 0. The lowest BCUT2D eigenvalue weighted by molar-refractivity contribution is 0.0802. The van der Waals surface area contributed by atoms with Crippen molar-refractivity contribution >= 4 is 15.9 Å². The Hall–Kier alpha value is -0.680. The molecule has 14 heavy (non-hydrogen) atoms. The second-order valence-corrected chi connectivity index (χ2v) is 3.44. The Balaban J connectivity index is 2.82. The van der Waals surface area contributed by atoms with Gasteiger partial charge in [-0.05, 0) is 22.0 Å². The maximum Gasteiger partial charge on any atom is 0.272 e. The minimum atomic E-state index is -2.52. The number of benzene rings is 1. The van der Waals surface area contributed by atoms with E-state index in [4.69, 9.17) is 9.84 Å². The number of rotatable bonds is 4. The van der Waals surface area contributed by atoms with E-state index in [0.29, 0.717) is 10.0 Å². The molecule has 0 bridgehead atoms. The first kappa shape index (κ1) is 11.4. The Kier molecular flexibility index (Phi) is 4.28. The predicted octanol–water partition coefficient (Wildman–Crippen LogP) is 2.59. The van der Waals surface area contributed by atoms with Gasteiger partial charge < -0.3 is 9.84 Å². The monoisotopic (exact) mass is 266 g/mol. The van der Waals surface area contributed by atoms with Crippen molar-refractivity contribution in [2.45, 2.75) is 13.0 Å². The first-order valence-corrected chi connectivity index (χ1v) is 4.73. The fourth-order valence-electron chi connectivity index (χ4n) is 0.986. The Morgan fingerprint density at radius 3 is 2.71 bits per heavy atom. The standard InChI is InChI=1S/C9H9BrF2O2/c10-7-3-1-2-6(4-13)9(7)14-5-8(11)12/h1-3,8,13H,4-5H2. The van der Waals surface area contributed by atoms with E-state index in [9.17, 15) is 8.78 Å². The van der Waals surface area contributed by atoms with Gasteiger partial charge in [0.1, 0.15) is 12.4 Å². The minimum absolute atomic E-state index is 0.238. The van der Waals surface area contributed by atoms with Crippen LogP contribution in [0.5, 0.6) is 5.75 Å². The van der Waals surface area contributed by atoms with Crippen molar-refractivity contribution in [3.63, 3.8) is 0 Å². The molecule has 1 aromatic rings. The van der Waals surface area contributed by atoms with Gasteiger partial charge >= 0.3 is 0 Å². The van der Waals surface area contributed by atoms with Crippen LogP contribution in [0.3, 0.4) is 0 Å². The van der Waals surface area contributed by atoms with Crippen molar-refractivity contribution in [2.24, 2.45) is 0 Å². The molecule has 1 N–H and O–H groups in total. The first-order valence-electron chi connectivity index (χ1n) is 3.94. The minimum Gasteiger partial charge on any atom is -0.486 e. The highest BCUT2D eigenvalue weighted by molar-refractivity contribution is 9.10. The van der Waals surface area contributed by atoms with Crippen LogP contribution < -0.4 is 4.74 Å². The van der Waals surface area contributed by atoms with E-state index in [0.717, 1.165) is 0 Å². The van der Waals surface area contributed by atoms with E-state index in [1.54, 1.807) is 18.2 Å². The molecule has 5 heteroatoms. The van der Waals surface area contributed by atoms with Gasteiger partial charge in [0.15, 0.2) is 0 Å². The quantitative estimate of drug-likeness (QED) is 0.908. The Bertz CT molecular complexity index is 305. The first-order chi connectivity index (χ1) is 6.65. The molecule has 0 aromatic heterocycles. The van der Waals surface area contributed by atoms with Gasteiger partial charge in [-0.25, -0.2) is 8.78 Å². The van der Waals surface area contributed by atoms with Crippen molar-refractivity contribution in [1.29, 1.82) is 0 Å². The van der Waals surface area contributed by atoms with Crippen LogP contribution in [0.2, 0.25) is 0 Å². The second kappa shape index (κ2) is 5.26. The molecule has 0 radical (unpaired) electrons. The zero-order valence-corrected chi connectivity index (χ0v) is 8.80. The van der Waals surface area contributed by atoms with Crippen LogP contribution in [-0.4, -0.2) is 18.1 Å². The molecule has 1 aromatic carbocycles. The van der Waals surface area contributed by atoms with Crippen molar-refractivity contribution in [2.75, 3.05) is 6.61 Å². The lowest BCUT2D eigenvalue weighted by Gasteiger charge is -2.11. The van der Waals surface area contributed by atoms with Crippen LogP contribution in [-0.2, 0) is 6.61 Å². The summed E-state index contributed by atoms with van der Waals surface area (Å²) in [4.78, 5) is 0. The van der Waals surface area contributed by atoms with Gasteiger partial charge in [-0.3, -0.25) is 0 Å². The van der Waals surface area contributed by atoms with Gasteiger partial charge in [0.25, 0.3) is 6.43 Å². The highest BCUT2D eigenvalue weighted by Crippen LogP contribution is 2.29. The Morgan fingerprint density at radius 1 is 1.43 bits per heavy atom. The average Bonchev–Trinajstić information content (AvgIpc) is 2.15. The molecule has 0 saturated heterocycles.